The molecule has 15 heavy (non-hydrogen) atoms. The Labute approximate surface area is 87.5 Å². The summed E-state index contributed by atoms with van der Waals surface area (Å²) < 4.78 is 6.59. The monoisotopic (exact) mass is 203 g/mol. The van der Waals surface area contributed by atoms with Crippen molar-refractivity contribution in [2.75, 3.05) is 6.61 Å². The first-order chi connectivity index (χ1) is 7.31. The molecular weight excluding hydrogens is 192 g/mol. The third kappa shape index (κ3) is 1.98. The third-order valence-electron chi connectivity index (χ3n) is 2.04. The van der Waals surface area contributed by atoms with Crippen LogP contribution < -0.4 is 0 Å². The topological polar surface area (TPSA) is 44.1 Å². The smallest absolute Gasteiger partial charge is 0.325 e. The van der Waals surface area contributed by atoms with E-state index in [1.807, 2.05) is 12.1 Å². The maximum absolute atomic E-state index is 11.3. The quantitative estimate of drug-likeness (QED) is 0.708. The van der Waals surface area contributed by atoms with Crippen LogP contribution in [-0.2, 0) is 16.1 Å². The van der Waals surface area contributed by atoms with Gasteiger partial charge in [-0.25, -0.2) is 4.98 Å². The Morgan fingerprint density at radius 3 is 3.33 bits per heavy atom. The van der Waals surface area contributed by atoms with Crippen LogP contribution in [0.15, 0.2) is 24.5 Å². The first kappa shape index (κ1) is 9.71. The van der Waals surface area contributed by atoms with Crippen LogP contribution in [0.4, 0.5) is 0 Å². The van der Waals surface area contributed by atoms with Gasteiger partial charge in [-0.15, -0.1) is 0 Å². The van der Waals surface area contributed by atoms with Crippen LogP contribution in [0.25, 0.3) is 11.0 Å². The number of carbonyl (C=O) groups is 1. The maximum atomic E-state index is 11.3. The van der Waals surface area contributed by atoms with Crippen molar-refractivity contribution in [3.63, 3.8) is 0 Å². The van der Waals surface area contributed by atoms with E-state index < -0.39 is 0 Å². The number of hydrogen-bond donors (Lipinski definition) is 0. The highest BCUT2D eigenvalue weighted by Crippen LogP contribution is 2.11. The van der Waals surface area contributed by atoms with Crippen LogP contribution in [0.5, 0.6) is 0 Å². The van der Waals surface area contributed by atoms with E-state index in [2.05, 4.69) is 11.1 Å². The fraction of sp³-hybridized carbons (Fsp3) is 0.273. The predicted molar refractivity (Wildman–Crippen MR) is 55.2 cm³/mol. The van der Waals surface area contributed by atoms with Crippen LogP contribution >= 0.6 is 0 Å². The summed E-state index contributed by atoms with van der Waals surface area (Å²) in [6.45, 7) is 2.37. The maximum Gasteiger partial charge on any atom is 0.325 e. The minimum absolute atomic E-state index is 0.185. The average Bonchev–Trinajstić information content (AvgIpc) is 2.62. The number of esters is 1. The van der Waals surface area contributed by atoms with Crippen LogP contribution in [0.2, 0.25) is 0 Å². The second kappa shape index (κ2) is 4.13. The number of hydrogen-bond acceptors (Lipinski definition) is 3. The van der Waals surface area contributed by atoms with Gasteiger partial charge in [-0.2, -0.15) is 0 Å². The fourth-order valence-corrected chi connectivity index (χ4v) is 1.41. The molecule has 0 saturated heterocycles. The lowest BCUT2D eigenvalue weighted by Crippen LogP contribution is -2.12. The molecule has 0 fully saturated rings. The summed E-state index contributed by atoms with van der Waals surface area (Å²) in [6.07, 6.45) is 3.41. The molecular formula is C11H11N2O2. The number of ether oxygens (including phenoxy) is 1. The van der Waals surface area contributed by atoms with Crippen molar-refractivity contribution in [2.24, 2.45) is 0 Å². The molecule has 2 aromatic heterocycles. The van der Waals surface area contributed by atoms with Crippen LogP contribution in [0, 0.1) is 6.07 Å². The van der Waals surface area contributed by atoms with Crippen molar-refractivity contribution in [1.82, 2.24) is 9.55 Å². The number of carbonyl (C=O) groups excluding carboxylic acids is 1. The molecule has 0 N–H and O–H groups in total. The van der Waals surface area contributed by atoms with Gasteiger partial charge in [0, 0.05) is 23.8 Å². The normalized spacial score (nSPS) is 10.5. The molecule has 77 valence electrons. The summed E-state index contributed by atoms with van der Waals surface area (Å²) in [6, 6.07) is 6.78. The third-order valence-corrected chi connectivity index (χ3v) is 2.04. The molecule has 0 saturated carbocycles. The van der Waals surface area contributed by atoms with Crippen molar-refractivity contribution in [3.05, 3.63) is 30.6 Å². The van der Waals surface area contributed by atoms with Crippen LogP contribution in [0.3, 0.4) is 0 Å². The van der Waals surface area contributed by atoms with Crippen LogP contribution in [-0.4, -0.2) is 22.1 Å². The van der Waals surface area contributed by atoms with Gasteiger partial charge >= 0.3 is 5.97 Å². The summed E-state index contributed by atoms with van der Waals surface area (Å²) >= 11 is 0. The lowest BCUT2D eigenvalue weighted by Gasteiger charge is -2.03. The van der Waals surface area contributed by atoms with Crippen molar-refractivity contribution in [2.45, 2.75) is 13.5 Å². The second-order valence-corrected chi connectivity index (χ2v) is 3.08. The standard InChI is InChI=1S/C11H11N2O2/c1-2-15-10(14)8-13-7-5-9-4-3-6-12-11(9)13/h3-4,6-7H,2,8H2,1H3. The van der Waals surface area contributed by atoms with Crippen molar-refractivity contribution >= 4 is 17.0 Å². The fourth-order valence-electron chi connectivity index (χ4n) is 1.41. The number of pyridine rings is 1. The SMILES string of the molecule is CCOC(=O)Cn1c[c]c2cccnc21. The van der Waals surface area contributed by atoms with Gasteiger partial charge in [0.05, 0.1) is 6.61 Å². The van der Waals surface area contributed by atoms with E-state index in [1.165, 1.54) is 0 Å². The first-order valence-corrected chi connectivity index (χ1v) is 4.78. The lowest BCUT2D eigenvalue weighted by atomic mass is 10.3. The molecule has 0 aliphatic heterocycles. The Morgan fingerprint density at radius 1 is 1.67 bits per heavy atom. The highest BCUT2D eigenvalue weighted by molar-refractivity contribution is 5.77. The zero-order valence-electron chi connectivity index (χ0n) is 8.43. The highest BCUT2D eigenvalue weighted by Gasteiger charge is 2.06. The van der Waals surface area contributed by atoms with Gasteiger partial charge in [0.1, 0.15) is 12.2 Å². The Kier molecular flexibility index (Phi) is 2.67. The number of aromatic nitrogens is 2. The summed E-state index contributed by atoms with van der Waals surface area (Å²) in [7, 11) is 0. The van der Waals surface area contributed by atoms with E-state index in [1.54, 1.807) is 23.9 Å². The van der Waals surface area contributed by atoms with Gasteiger partial charge in [0.25, 0.3) is 0 Å². The number of nitrogens with zero attached hydrogens (tertiary/aromatic N) is 2. The summed E-state index contributed by atoms with van der Waals surface area (Å²) in [5.41, 5.74) is 0.755. The highest BCUT2D eigenvalue weighted by atomic mass is 16.5. The average molecular weight is 203 g/mol. The first-order valence-electron chi connectivity index (χ1n) is 4.78. The van der Waals surface area contributed by atoms with Crippen LogP contribution in [0.1, 0.15) is 6.92 Å². The van der Waals surface area contributed by atoms with Gasteiger partial charge < -0.3 is 9.30 Å². The zero-order valence-corrected chi connectivity index (χ0v) is 8.43. The van der Waals surface area contributed by atoms with E-state index in [-0.39, 0.29) is 12.5 Å². The Bertz CT molecular complexity index is 476. The van der Waals surface area contributed by atoms with Crippen molar-refractivity contribution in [3.8, 4) is 0 Å². The zero-order chi connectivity index (χ0) is 10.7. The molecule has 0 aliphatic rings. The summed E-state index contributed by atoms with van der Waals surface area (Å²) in [4.78, 5) is 15.4. The minimum atomic E-state index is -0.256. The largest absolute Gasteiger partial charge is 0.465 e. The van der Waals surface area contributed by atoms with E-state index >= 15 is 0 Å². The summed E-state index contributed by atoms with van der Waals surface area (Å²) in [5, 5.41) is 0.904. The predicted octanol–water partition coefficient (Wildman–Crippen LogP) is 1.40. The van der Waals surface area contributed by atoms with Gasteiger partial charge in [0.15, 0.2) is 0 Å². The molecule has 0 unspecified atom stereocenters. The summed E-state index contributed by atoms with van der Waals surface area (Å²) in [5.74, 6) is -0.256. The Hall–Kier alpha value is -1.84. The lowest BCUT2D eigenvalue weighted by molar-refractivity contribution is -0.143. The van der Waals surface area contributed by atoms with E-state index in [9.17, 15) is 4.79 Å². The molecule has 2 rings (SSSR count). The molecule has 0 spiro atoms. The second-order valence-electron chi connectivity index (χ2n) is 3.08. The molecule has 2 heterocycles. The molecule has 0 aliphatic carbocycles. The van der Waals surface area contributed by atoms with Gasteiger partial charge in [-0.3, -0.25) is 4.79 Å². The van der Waals surface area contributed by atoms with E-state index in [0.29, 0.717) is 6.61 Å². The van der Waals surface area contributed by atoms with E-state index in [4.69, 9.17) is 4.74 Å². The van der Waals surface area contributed by atoms with E-state index in [0.717, 1.165) is 11.0 Å². The molecule has 0 aromatic carbocycles. The molecule has 0 amide bonds. The number of fused-ring (bicyclic) bond motifs is 1. The molecule has 0 atom stereocenters. The number of rotatable bonds is 3. The van der Waals surface area contributed by atoms with Crippen molar-refractivity contribution in [1.29, 1.82) is 0 Å². The minimum Gasteiger partial charge on any atom is -0.465 e. The molecule has 0 bridgehead atoms. The molecule has 4 nitrogen and oxygen atoms in total. The molecule has 1 radical (unpaired) electrons. The Balaban J connectivity index is 2.25. The Morgan fingerprint density at radius 2 is 2.53 bits per heavy atom. The molecule has 4 heteroatoms. The molecule has 2 aromatic rings. The van der Waals surface area contributed by atoms with Gasteiger partial charge in [0.2, 0.25) is 0 Å². The van der Waals surface area contributed by atoms with Gasteiger partial charge in [-0.05, 0) is 19.1 Å². The van der Waals surface area contributed by atoms with Crippen molar-refractivity contribution < 1.29 is 9.53 Å². The van der Waals surface area contributed by atoms with Gasteiger partial charge in [-0.1, -0.05) is 0 Å².